The summed E-state index contributed by atoms with van der Waals surface area (Å²) < 4.78 is 6.64. The number of esters is 1. The Labute approximate surface area is 409 Å². The summed E-state index contributed by atoms with van der Waals surface area (Å²) in [6.45, 7) is 3.93. The van der Waals surface area contributed by atoms with Gasteiger partial charge in [0.2, 0.25) is 11.5 Å². The molecule has 69 heavy (non-hydrogen) atoms. The van der Waals surface area contributed by atoms with E-state index < -0.39 is 41.6 Å². The zero-order chi connectivity index (χ0) is 47.5. The van der Waals surface area contributed by atoms with Crippen LogP contribution < -0.4 is 10.6 Å². The highest BCUT2D eigenvalue weighted by atomic mass is 35.5. The van der Waals surface area contributed by atoms with Crippen LogP contribution in [0.3, 0.4) is 0 Å². The van der Waals surface area contributed by atoms with Crippen LogP contribution in [0.25, 0.3) is 0 Å². The summed E-state index contributed by atoms with van der Waals surface area (Å²) in [6, 6.07) is 46.1. The Kier molecular flexibility index (Phi) is 13.1. The number of rotatable bonds is 14. The first-order valence-corrected chi connectivity index (χ1v) is 24.4. The quantitative estimate of drug-likeness (QED) is 0.0277. The zero-order valence-electron chi connectivity index (χ0n) is 37.8. The molecular weight excluding hydrogens is 908 g/mol. The Morgan fingerprint density at radius 2 is 1.39 bits per heavy atom. The maximum atomic E-state index is 14.9. The van der Waals surface area contributed by atoms with Crippen molar-refractivity contribution in [1.29, 1.82) is 0 Å². The van der Waals surface area contributed by atoms with E-state index in [-0.39, 0.29) is 33.4 Å². The van der Waals surface area contributed by atoms with Gasteiger partial charge in [-0.3, -0.25) is 19.3 Å². The van der Waals surface area contributed by atoms with E-state index in [9.17, 15) is 19.2 Å². The number of aryl methyl sites for hydroxylation is 1. The number of carbonyl (C=O) groups excluding carboxylic acids is 4. The number of aromatic nitrogens is 1. The van der Waals surface area contributed by atoms with Gasteiger partial charge in [0.25, 0.3) is 11.8 Å². The Hall–Kier alpha value is -7.19. The van der Waals surface area contributed by atoms with Crippen molar-refractivity contribution < 1.29 is 28.8 Å². The highest BCUT2D eigenvalue weighted by Crippen LogP contribution is 2.43. The molecule has 4 aliphatic rings. The summed E-state index contributed by atoms with van der Waals surface area (Å²) in [6.07, 6.45) is 3.09. The molecule has 10 rings (SSSR count). The molecule has 0 spiro atoms. The van der Waals surface area contributed by atoms with Crippen molar-refractivity contribution in [1.82, 2.24) is 25.4 Å². The maximum Gasteiger partial charge on any atom is 0.356 e. The number of likely N-dealkylation sites (tertiary alicyclic amines) is 1. The van der Waals surface area contributed by atoms with Gasteiger partial charge in [-0.15, -0.1) is 11.3 Å². The third-order valence-corrected chi connectivity index (χ3v) is 14.5. The van der Waals surface area contributed by atoms with Crippen LogP contribution >= 0.6 is 22.9 Å². The number of hydrogen-bond donors (Lipinski definition) is 2. The fourth-order valence-corrected chi connectivity index (χ4v) is 11.0. The van der Waals surface area contributed by atoms with Crippen molar-refractivity contribution in [2.24, 2.45) is 5.16 Å². The van der Waals surface area contributed by atoms with Gasteiger partial charge in [-0.25, -0.2) is 9.78 Å². The minimum absolute atomic E-state index is 0.0497. The Morgan fingerprint density at radius 3 is 1.91 bits per heavy atom. The molecule has 1 unspecified atom stereocenters. The molecule has 2 N–H and O–H groups in total. The first kappa shape index (κ1) is 45.6. The number of hydrogen-bond acceptors (Lipinski definition) is 10. The lowest BCUT2D eigenvalue weighted by atomic mass is 9.80. The van der Waals surface area contributed by atoms with Crippen LogP contribution in [0.5, 0.6) is 0 Å². The van der Waals surface area contributed by atoms with Crippen molar-refractivity contribution in [3.05, 3.63) is 217 Å². The van der Waals surface area contributed by atoms with E-state index >= 15 is 0 Å². The average Bonchev–Trinajstić information content (AvgIpc) is 4.14. The van der Waals surface area contributed by atoms with Crippen molar-refractivity contribution in [3.8, 4) is 0 Å². The Bertz CT molecular complexity index is 2830. The Morgan fingerprint density at radius 1 is 0.826 bits per heavy atom. The van der Waals surface area contributed by atoms with Crippen molar-refractivity contribution in [3.63, 3.8) is 0 Å². The molecule has 5 aromatic carbocycles. The molecule has 0 aliphatic carbocycles. The number of β-lactam (4-membered cyclic amide) rings is 1. The topological polar surface area (TPSA) is 143 Å². The first-order chi connectivity index (χ1) is 33.7. The first-order valence-electron chi connectivity index (χ1n) is 23.2. The summed E-state index contributed by atoms with van der Waals surface area (Å²) in [5.41, 5.74) is 3.44. The molecule has 12 nitrogen and oxygen atoms in total. The summed E-state index contributed by atoms with van der Waals surface area (Å²) >= 11 is 8.00. The SMILES string of the molecule is Cc1nc(/C(=N/OC(c2ccccc2)(c2ccccc2)c2ccccc2)C(=O)N[C@@H]2C(=O)N3C(C(=O)OC(c4ccccc4)c4ccccc4)=C(/C=C4\CCN([C@@H]5CCNC5)C4=O)CCC23)c(Cl)s1. The summed E-state index contributed by atoms with van der Waals surface area (Å²) in [5.74, 6) is -2.05. The number of ether oxygens (including phenoxy) is 1. The van der Waals surface area contributed by atoms with Crippen molar-refractivity contribution >= 4 is 52.3 Å². The lowest BCUT2D eigenvalue weighted by molar-refractivity contribution is -0.158. The number of benzene rings is 5. The van der Waals surface area contributed by atoms with E-state index in [4.69, 9.17) is 21.2 Å². The molecule has 14 heteroatoms. The predicted molar refractivity (Wildman–Crippen MR) is 264 cm³/mol. The minimum atomic E-state index is -1.34. The van der Waals surface area contributed by atoms with E-state index in [1.165, 1.54) is 16.2 Å². The molecule has 1 aromatic heterocycles. The highest BCUT2D eigenvalue weighted by Gasteiger charge is 2.54. The monoisotopic (exact) mass is 956 g/mol. The summed E-state index contributed by atoms with van der Waals surface area (Å²) in [5, 5.41) is 11.6. The van der Waals surface area contributed by atoms with E-state index in [0.29, 0.717) is 42.0 Å². The van der Waals surface area contributed by atoms with Gasteiger partial charge in [0.05, 0.1) is 11.0 Å². The molecule has 3 amide bonds. The van der Waals surface area contributed by atoms with Crippen LogP contribution in [-0.2, 0) is 34.4 Å². The van der Waals surface area contributed by atoms with E-state index in [1.807, 2.05) is 157 Å². The number of thiazole rings is 1. The second-order valence-electron chi connectivity index (χ2n) is 17.5. The van der Waals surface area contributed by atoms with Crippen LogP contribution in [0.1, 0.15) is 70.3 Å². The number of nitrogens with zero attached hydrogens (tertiary/aromatic N) is 4. The number of halogens is 1. The van der Waals surface area contributed by atoms with Crippen LogP contribution in [0.4, 0.5) is 0 Å². The van der Waals surface area contributed by atoms with Gasteiger partial charge in [-0.05, 0) is 61.9 Å². The number of amides is 3. The molecule has 5 heterocycles. The predicted octanol–water partition coefficient (Wildman–Crippen LogP) is 8.41. The van der Waals surface area contributed by atoms with E-state index in [2.05, 4.69) is 20.8 Å². The fraction of sp³-hybridized carbons (Fsp3) is 0.236. The third kappa shape index (κ3) is 8.89. The van der Waals surface area contributed by atoms with Gasteiger partial charge in [-0.1, -0.05) is 168 Å². The van der Waals surface area contributed by atoms with Gasteiger partial charge < -0.3 is 25.1 Å². The van der Waals surface area contributed by atoms with Gasteiger partial charge in [0.1, 0.15) is 21.8 Å². The lowest BCUT2D eigenvalue weighted by Crippen LogP contribution is -2.72. The molecule has 3 fully saturated rings. The van der Waals surface area contributed by atoms with Gasteiger partial charge >= 0.3 is 5.97 Å². The number of carbonyl (C=O) groups is 4. The molecule has 3 saturated heterocycles. The molecule has 0 bridgehead atoms. The smallest absolute Gasteiger partial charge is 0.356 e. The van der Waals surface area contributed by atoms with Crippen LogP contribution in [0.15, 0.2) is 180 Å². The summed E-state index contributed by atoms with van der Waals surface area (Å²) in [7, 11) is 0. The number of nitrogens with one attached hydrogen (secondary N) is 2. The zero-order valence-corrected chi connectivity index (χ0v) is 39.4. The number of fused-ring (bicyclic) bond motifs is 1. The maximum absolute atomic E-state index is 14.9. The Balaban J connectivity index is 1.000. The van der Waals surface area contributed by atoms with Crippen molar-refractivity contribution in [2.75, 3.05) is 19.6 Å². The normalized spacial score (nSPS) is 20.0. The fourth-order valence-electron chi connectivity index (χ4n) is 9.94. The second kappa shape index (κ2) is 19.8. The van der Waals surface area contributed by atoms with Gasteiger partial charge in [0, 0.05) is 41.4 Å². The second-order valence-corrected chi connectivity index (χ2v) is 19.3. The van der Waals surface area contributed by atoms with Crippen molar-refractivity contribution in [2.45, 2.75) is 62.4 Å². The largest absolute Gasteiger partial charge is 0.448 e. The van der Waals surface area contributed by atoms with Gasteiger partial charge in [-0.2, -0.15) is 0 Å². The van der Waals surface area contributed by atoms with E-state index in [1.54, 1.807) is 13.0 Å². The van der Waals surface area contributed by atoms with E-state index in [0.717, 1.165) is 47.3 Å². The number of allylic oxidation sites excluding steroid dienone is 2. The standard InChI is InChI=1S/C55H49ClN6O6S/c1-35-58-46(50(56)69-35)47(60-68-55(40-21-11-4-12-22-40,41-23-13-5-14-24-41)42-25-15-6-16-26-42)51(63)59-45-44-28-27-38(33-39-30-32-61(52(39)64)43-29-31-57-34-43)48(62(44)53(45)65)54(66)67-49(36-17-7-2-8-18-36)37-19-9-3-10-20-37/h2-26,33,43-45,49,57H,27-32,34H2,1H3,(H,59,63)/b39-33+,60-47-/t43-,44?,45+/m1/s1. The highest BCUT2D eigenvalue weighted by molar-refractivity contribution is 7.16. The number of oxime groups is 1. The van der Waals surface area contributed by atoms with Crippen LogP contribution in [-0.4, -0.2) is 81.9 Å². The summed E-state index contributed by atoms with van der Waals surface area (Å²) in [4.78, 5) is 73.0. The van der Waals surface area contributed by atoms with Crippen LogP contribution in [0, 0.1) is 6.92 Å². The van der Waals surface area contributed by atoms with Crippen LogP contribution in [0.2, 0.25) is 4.34 Å². The molecular formula is C55H49ClN6O6S. The molecule has 3 atom stereocenters. The van der Waals surface area contributed by atoms with Gasteiger partial charge in [0.15, 0.2) is 11.8 Å². The molecule has 4 aliphatic heterocycles. The lowest BCUT2D eigenvalue weighted by Gasteiger charge is -2.50. The molecule has 6 aromatic rings. The average molecular weight is 958 g/mol. The third-order valence-electron chi connectivity index (χ3n) is 13.3. The molecule has 0 saturated carbocycles. The molecule has 0 radical (unpaired) electrons. The molecule has 348 valence electrons. The minimum Gasteiger partial charge on any atom is -0.448 e.